The molecule has 2 heterocycles. The summed E-state index contributed by atoms with van der Waals surface area (Å²) in [5, 5.41) is 20.4. The van der Waals surface area contributed by atoms with Gasteiger partial charge < -0.3 is 21.1 Å². The topological polar surface area (TPSA) is 115 Å². The summed E-state index contributed by atoms with van der Waals surface area (Å²) < 4.78 is 0. The summed E-state index contributed by atoms with van der Waals surface area (Å²) in [6.07, 6.45) is 3.31. The number of carbonyl (C=O) groups excluding carboxylic acids is 1. The molecule has 0 saturated carbocycles. The second-order valence-corrected chi connectivity index (χ2v) is 9.46. The molecule has 1 fully saturated rings. The quantitative estimate of drug-likeness (QED) is 0.235. The molecule has 2 aromatic carbocycles. The van der Waals surface area contributed by atoms with E-state index in [4.69, 9.17) is 16.2 Å². The third-order valence-electron chi connectivity index (χ3n) is 5.16. The van der Waals surface area contributed by atoms with E-state index in [9.17, 15) is 4.79 Å². The van der Waals surface area contributed by atoms with Crippen LogP contribution in [-0.2, 0) is 4.79 Å². The molecule has 190 valence electrons. The Bertz CT molecular complexity index is 1020. The number of carbonyl (C=O) groups is 1. The average molecular weight is 498 g/mol. The third kappa shape index (κ3) is 10.3. The van der Waals surface area contributed by atoms with Crippen LogP contribution in [0.3, 0.4) is 0 Å². The van der Waals surface area contributed by atoms with E-state index in [1.807, 2.05) is 72.1 Å². The summed E-state index contributed by atoms with van der Waals surface area (Å²) in [5.74, 6) is 0.329. The van der Waals surface area contributed by atoms with Gasteiger partial charge in [0.1, 0.15) is 10.8 Å². The van der Waals surface area contributed by atoms with Gasteiger partial charge in [-0.3, -0.25) is 10.2 Å². The Balaban J connectivity index is 0.000000282. The van der Waals surface area contributed by atoms with E-state index in [0.717, 1.165) is 46.2 Å². The molecule has 0 bridgehead atoms. The van der Waals surface area contributed by atoms with Crippen LogP contribution >= 0.6 is 11.3 Å². The van der Waals surface area contributed by atoms with Crippen LogP contribution in [0.5, 0.6) is 5.75 Å². The number of amides is 1. The van der Waals surface area contributed by atoms with Crippen LogP contribution in [0.1, 0.15) is 45.1 Å². The van der Waals surface area contributed by atoms with Gasteiger partial charge in [0, 0.05) is 29.2 Å². The second-order valence-electron chi connectivity index (χ2n) is 8.26. The first kappa shape index (κ1) is 29.8. The van der Waals surface area contributed by atoms with E-state index in [2.05, 4.69) is 10.3 Å². The molecule has 4 rings (SSSR count). The minimum absolute atomic E-state index is 0.329. The predicted octanol–water partition coefficient (Wildman–Crippen LogP) is 4.84. The first-order valence-electron chi connectivity index (χ1n) is 11.6. The number of phenols is 1. The number of benzene rings is 2. The normalized spacial score (nSPS) is 11.8. The molecule has 5 N–H and O–H groups in total. The maximum Gasteiger partial charge on any atom is 0.209 e. The molecule has 1 amide bonds. The maximum absolute atomic E-state index is 9.93. The van der Waals surface area contributed by atoms with Crippen molar-refractivity contribution in [1.29, 1.82) is 5.41 Å². The van der Waals surface area contributed by atoms with E-state index in [0.29, 0.717) is 17.1 Å². The molecule has 1 aromatic heterocycles. The van der Waals surface area contributed by atoms with Gasteiger partial charge in [0.05, 0.1) is 11.4 Å². The van der Waals surface area contributed by atoms with Gasteiger partial charge in [0.15, 0.2) is 0 Å². The van der Waals surface area contributed by atoms with Crippen molar-refractivity contribution in [2.45, 2.75) is 40.5 Å². The number of aromatic nitrogens is 1. The lowest BCUT2D eigenvalue weighted by Crippen LogP contribution is -2.15. The number of hydrogen-bond acceptors (Lipinski definition) is 7. The molecule has 0 unspecified atom stereocenters. The number of nitrogen functional groups attached to an aromatic ring is 1. The highest BCUT2D eigenvalue weighted by Gasteiger charge is 2.14. The number of hydrogen-bond donors (Lipinski definition) is 4. The average Bonchev–Trinajstić information content (AvgIpc) is 3.48. The Labute approximate surface area is 213 Å². The van der Waals surface area contributed by atoms with Crippen LogP contribution in [0.4, 0.5) is 5.69 Å². The van der Waals surface area contributed by atoms with Gasteiger partial charge in [-0.15, -0.1) is 11.3 Å². The monoisotopic (exact) mass is 497 g/mol. The highest BCUT2D eigenvalue weighted by molar-refractivity contribution is 7.13. The highest BCUT2D eigenvalue weighted by atomic mass is 32.1. The number of rotatable bonds is 3. The number of anilines is 1. The van der Waals surface area contributed by atoms with Gasteiger partial charge in [-0.25, -0.2) is 4.98 Å². The lowest BCUT2D eigenvalue weighted by Gasteiger charge is -2.07. The zero-order valence-electron chi connectivity index (χ0n) is 21.7. The van der Waals surface area contributed by atoms with Crippen LogP contribution in [0.25, 0.3) is 0 Å². The van der Waals surface area contributed by atoms with Gasteiger partial charge >= 0.3 is 0 Å². The molecule has 1 saturated heterocycles. The third-order valence-corrected chi connectivity index (χ3v) is 6.25. The smallest absolute Gasteiger partial charge is 0.209 e. The van der Waals surface area contributed by atoms with Crippen molar-refractivity contribution in [3.05, 3.63) is 74.7 Å². The first-order valence-corrected chi connectivity index (χ1v) is 12.4. The van der Waals surface area contributed by atoms with Gasteiger partial charge in [0.25, 0.3) is 0 Å². The first-order chi connectivity index (χ1) is 16.6. The van der Waals surface area contributed by atoms with Gasteiger partial charge in [-0.1, -0.05) is 35.9 Å². The van der Waals surface area contributed by atoms with E-state index in [1.165, 1.54) is 18.4 Å². The van der Waals surface area contributed by atoms with E-state index in [1.54, 1.807) is 28.4 Å². The highest BCUT2D eigenvalue weighted by Crippen LogP contribution is 2.24. The Morgan fingerprint density at radius 1 is 1.09 bits per heavy atom. The number of para-hydroxylation sites is 1. The zero-order valence-corrected chi connectivity index (χ0v) is 22.5. The van der Waals surface area contributed by atoms with Crippen molar-refractivity contribution >= 4 is 29.1 Å². The summed E-state index contributed by atoms with van der Waals surface area (Å²) in [5.41, 5.74) is 11.0. The minimum atomic E-state index is 0.329. The number of aryl methyl sites for hydroxylation is 4. The lowest BCUT2D eigenvalue weighted by molar-refractivity contribution is -0.117. The van der Waals surface area contributed by atoms with E-state index >= 15 is 0 Å². The van der Waals surface area contributed by atoms with Gasteiger partial charge in [-0.2, -0.15) is 0 Å². The molecule has 3 aromatic rings. The van der Waals surface area contributed by atoms with Gasteiger partial charge in [-0.05, 0) is 72.3 Å². The predicted molar refractivity (Wildman–Crippen MR) is 148 cm³/mol. The van der Waals surface area contributed by atoms with Crippen molar-refractivity contribution in [3.8, 4) is 5.75 Å². The maximum atomic E-state index is 9.93. The fourth-order valence-electron chi connectivity index (χ4n) is 2.99. The number of thiazole rings is 1. The van der Waals surface area contributed by atoms with Crippen molar-refractivity contribution in [2.75, 3.05) is 32.9 Å². The fourth-order valence-corrected chi connectivity index (χ4v) is 3.86. The molecule has 0 spiro atoms. The lowest BCUT2D eigenvalue weighted by atomic mass is 10.0. The number of phenolic OH excluding ortho intramolecular Hbond substituents is 1. The number of nitrogens with zero attached hydrogens (tertiary/aromatic N) is 2. The molecule has 0 aliphatic carbocycles. The molecular formula is C27H39N5O2S. The minimum Gasteiger partial charge on any atom is -0.508 e. The molecule has 0 atom stereocenters. The van der Waals surface area contributed by atoms with Crippen LogP contribution < -0.4 is 11.1 Å². The summed E-state index contributed by atoms with van der Waals surface area (Å²) in [4.78, 5) is 17.3. The Hall–Kier alpha value is -3.23. The largest absolute Gasteiger partial charge is 0.508 e. The molecule has 1 aliphatic heterocycles. The summed E-state index contributed by atoms with van der Waals surface area (Å²) in [6.45, 7) is 9.86. The fraction of sp³-hybridized carbons (Fsp3) is 0.370. The SMILES string of the molecule is CNC.Cc1ccc(O)cc1.Cc1cccc(C(=N)c2nc(C)c(C)s2)c1N.O=CN1CCCC1. The Kier molecular flexibility index (Phi) is 13.3. The molecule has 7 nitrogen and oxygen atoms in total. The van der Waals surface area contributed by atoms with Crippen LogP contribution in [0.15, 0.2) is 42.5 Å². The molecule has 8 heteroatoms. The van der Waals surface area contributed by atoms with E-state index in [-0.39, 0.29) is 0 Å². The number of nitrogens with one attached hydrogen (secondary N) is 2. The van der Waals surface area contributed by atoms with Crippen LogP contribution in [0, 0.1) is 33.1 Å². The van der Waals surface area contributed by atoms with Crippen LogP contribution in [0.2, 0.25) is 0 Å². The van der Waals surface area contributed by atoms with Crippen molar-refractivity contribution in [3.63, 3.8) is 0 Å². The van der Waals surface area contributed by atoms with Crippen LogP contribution in [-0.4, -0.2) is 54.3 Å². The van der Waals surface area contributed by atoms with Crippen molar-refractivity contribution in [2.24, 2.45) is 0 Å². The Morgan fingerprint density at radius 2 is 1.66 bits per heavy atom. The summed E-state index contributed by atoms with van der Waals surface area (Å²) in [6, 6.07) is 12.8. The zero-order chi connectivity index (χ0) is 26.4. The molecule has 0 radical (unpaired) electrons. The molecule has 1 aliphatic rings. The number of likely N-dealkylation sites (tertiary alicyclic amines) is 1. The summed E-state index contributed by atoms with van der Waals surface area (Å²) >= 11 is 1.54. The number of nitrogens with two attached hydrogens (primary N) is 1. The molecule has 35 heavy (non-hydrogen) atoms. The van der Waals surface area contributed by atoms with Crippen molar-refractivity contribution < 1.29 is 9.90 Å². The summed E-state index contributed by atoms with van der Waals surface area (Å²) in [7, 11) is 3.75. The number of aromatic hydroxyl groups is 1. The van der Waals surface area contributed by atoms with E-state index < -0.39 is 0 Å². The molecular weight excluding hydrogens is 458 g/mol. The Morgan fingerprint density at radius 3 is 2.09 bits per heavy atom. The second kappa shape index (κ2) is 15.6. The van der Waals surface area contributed by atoms with Crippen molar-refractivity contribution in [1.82, 2.24) is 15.2 Å². The standard InChI is InChI=1S/C13H15N3S.C7H8O.C5H9NO.C2H7N/c1-7-5-4-6-10(11(7)14)12(15)13-16-8(2)9(3)17-13;1-6-2-4-7(8)5-3-6;7-5-6-3-1-2-4-6;1-3-2/h4-6,15H,14H2,1-3H3;2-5,8H,1H3;5H,1-4H2;3H,1-2H3. The van der Waals surface area contributed by atoms with Gasteiger partial charge in [0.2, 0.25) is 6.41 Å².